The Hall–Kier alpha value is -0.0631. The zero-order valence-electron chi connectivity index (χ0n) is 14.4. The molecule has 0 bridgehead atoms. The number of hydrogen-bond donors (Lipinski definition) is 6. The normalized spacial score (nSPS) is 14.3. The summed E-state index contributed by atoms with van der Waals surface area (Å²) in [6, 6.07) is 0.0667. The zero-order chi connectivity index (χ0) is 17.1. The molecule has 0 spiro atoms. The van der Waals surface area contributed by atoms with E-state index in [0.717, 1.165) is 43.8 Å². The molecule has 22 heavy (non-hydrogen) atoms. The van der Waals surface area contributed by atoms with Crippen molar-refractivity contribution in [3.8, 4) is 0 Å². The predicted molar refractivity (Wildman–Crippen MR) is 90.3 cm³/mol. The van der Waals surface area contributed by atoms with Gasteiger partial charge in [0.25, 0.3) is 0 Å². The van der Waals surface area contributed by atoms with Crippen LogP contribution in [0.5, 0.6) is 0 Å². The lowest BCUT2D eigenvalue weighted by atomic mass is 10.2. The minimum Gasteiger partial charge on any atom is -0.390 e. The van der Waals surface area contributed by atoms with Crippen molar-refractivity contribution >= 4 is 8.80 Å². The number of aliphatic hydroxyl groups excluding tert-OH is 1. The smallest absolute Gasteiger partial charge is 0.390 e. The van der Waals surface area contributed by atoms with Gasteiger partial charge in [0.2, 0.25) is 0 Å². The fourth-order valence-corrected chi connectivity index (χ4v) is 3.24. The second kappa shape index (κ2) is 11.5. The Kier molecular flexibility index (Phi) is 11.4. The van der Waals surface area contributed by atoms with E-state index in [0.29, 0.717) is 19.5 Å². The maximum Gasteiger partial charge on any atom is 0.492 e. The van der Waals surface area contributed by atoms with E-state index in [1.54, 1.807) is 0 Å². The number of rotatable bonds is 14. The molecular formula is C14H36N3O4Si+. The van der Waals surface area contributed by atoms with Crippen LogP contribution in [0.3, 0.4) is 0 Å². The van der Waals surface area contributed by atoms with Crippen molar-refractivity contribution < 1.29 is 24.0 Å². The Morgan fingerprint density at radius 3 is 1.95 bits per heavy atom. The van der Waals surface area contributed by atoms with Crippen LogP contribution < -0.4 is 10.6 Å². The van der Waals surface area contributed by atoms with Crippen LogP contribution in [0.4, 0.5) is 0 Å². The molecule has 0 amide bonds. The van der Waals surface area contributed by atoms with Gasteiger partial charge in [-0.15, -0.1) is 0 Å². The molecule has 8 heteroatoms. The molecule has 1 atom stereocenters. The molecule has 134 valence electrons. The molecule has 1 unspecified atom stereocenters. The number of quaternary nitrogens is 1. The van der Waals surface area contributed by atoms with Gasteiger partial charge < -0.3 is 34.6 Å². The summed E-state index contributed by atoms with van der Waals surface area (Å²) in [6.45, 7) is 13.1. The summed E-state index contributed by atoms with van der Waals surface area (Å²) in [5.74, 6) is 0. The zero-order valence-corrected chi connectivity index (χ0v) is 15.4. The summed E-state index contributed by atoms with van der Waals surface area (Å²) in [4.78, 5) is 26.6. The number of hydrogen-bond acceptors (Lipinski definition) is 6. The summed E-state index contributed by atoms with van der Waals surface area (Å²) < 4.78 is 0.941. The lowest BCUT2D eigenvalue weighted by molar-refractivity contribution is -0.925. The number of aliphatic hydroxyl groups is 1. The topological polar surface area (TPSA) is 105 Å². The largest absolute Gasteiger partial charge is 0.492 e. The second-order valence-electron chi connectivity index (χ2n) is 5.96. The van der Waals surface area contributed by atoms with E-state index in [1.165, 1.54) is 0 Å². The van der Waals surface area contributed by atoms with Gasteiger partial charge in [0.1, 0.15) is 12.6 Å². The van der Waals surface area contributed by atoms with E-state index >= 15 is 0 Å². The molecule has 0 saturated carbocycles. The maximum absolute atomic E-state index is 10.1. The molecule has 0 aromatic rings. The number of nitrogens with one attached hydrogen (secondary N) is 2. The van der Waals surface area contributed by atoms with Crippen LogP contribution in [-0.4, -0.2) is 91.2 Å². The van der Waals surface area contributed by atoms with Gasteiger partial charge in [-0.3, -0.25) is 0 Å². The molecule has 0 rings (SSSR count). The Morgan fingerprint density at radius 1 is 0.909 bits per heavy atom. The van der Waals surface area contributed by atoms with Crippen molar-refractivity contribution in [2.24, 2.45) is 0 Å². The Bertz CT molecular complexity index is 265. The fourth-order valence-electron chi connectivity index (χ4n) is 2.59. The monoisotopic (exact) mass is 338 g/mol. The first-order valence-electron chi connectivity index (χ1n) is 8.40. The van der Waals surface area contributed by atoms with E-state index in [9.17, 15) is 5.11 Å². The Balaban J connectivity index is 3.63. The van der Waals surface area contributed by atoms with E-state index in [1.807, 2.05) is 0 Å². The van der Waals surface area contributed by atoms with E-state index in [2.05, 4.69) is 31.4 Å². The van der Waals surface area contributed by atoms with Crippen molar-refractivity contribution in [1.82, 2.24) is 10.6 Å². The van der Waals surface area contributed by atoms with E-state index < -0.39 is 8.80 Å². The highest BCUT2D eigenvalue weighted by molar-refractivity contribution is 6.56. The van der Waals surface area contributed by atoms with E-state index in [4.69, 9.17) is 14.4 Å². The van der Waals surface area contributed by atoms with Gasteiger partial charge >= 0.3 is 8.80 Å². The third kappa shape index (κ3) is 10.6. The van der Waals surface area contributed by atoms with Crippen molar-refractivity contribution in [2.45, 2.75) is 39.3 Å². The summed E-state index contributed by atoms with van der Waals surface area (Å²) in [5, 5.41) is 16.5. The molecule has 0 aliphatic rings. The van der Waals surface area contributed by atoms with Gasteiger partial charge in [0.05, 0.1) is 19.6 Å². The Labute approximate surface area is 135 Å². The van der Waals surface area contributed by atoms with Gasteiger partial charge in [-0.2, -0.15) is 0 Å². The summed E-state index contributed by atoms with van der Waals surface area (Å²) in [6.07, 6.45) is 0.201. The number of likely N-dealkylation sites (N-methyl/N-ethyl adjacent to an activating group) is 1. The standard InChI is InChI=1S/C14H36N3O4Si/c1-4-17(5-2,6-3)13-14(18)12-16-10-9-15-8-7-11-22(19,20)21/h14-16,18-21H,4-13H2,1-3H3/q+1. The first-order valence-corrected chi connectivity index (χ1v) is 10.4. The van der Waals surface area contributed by atoms with Crippen LogP contribution in [0, 0.1) is 0 Å². The molecule has 0 aliphatic heterocycles. The molecule has 0 aromatic carbocycles. The van der Waals surface area contributed by atoms with Gasteiger partial charge in [-0.25, -0.2) is 0 Å². The second-order valence-corrected chi connectivity index (χ2v) is 8.01. The average molecular weight is 339 g/mol. The van der Waals surface area contributed by atoms with Crippen molar-refractivity contribution in [1.29, 1.82) is 0 Å². The summed E-state index contributed by atoms with van der Waals surface area (Å²) in [5.41, 5.74) is 0. The molecule has 7 nitrogen and oxygen atoms in total. The van der Waals surface area contributed by atoms with Crippen molar-refractivity contribution in [3.63, 3.8) is 0 Å². The minimum atomic E-state index is -3.87. The molecule has 0 heterocycles. The van der Waals surface area contributed by atoms with Crippen LogP contribution >= 0.6 is 0 Å². The highest BCUT2D eigenvalue weighted by Crippen LogP contribution is 2.07. The molecule has 0 radical (unpaired) electrons. The number of nitrogens with zero attached hydrogens (tertiary/aromatic N) is 1. The van der Waals surface area contributed by atoms with Crippen LogP contribution in [0.25, 0.3) is 0 Å². The average Bonchev–Trinajstić information content (AvgIpc) is 2.46. The highest BCUT2D eigenvalue weighted by Gasteiger charge is 2.25. The quantitative estimate of drug-likeness (QED) is 0.134. The SMILES string of the molecule is CC[N+](CC)(CC)CC(O)CNCCNCCC[Si](O)(O)O. The Morgan fingerprint density at radius 2 is 1.45 bits per heavy atom. The first kappa shape index (κ1) is 21.9. The van der Waals surface area contributed by atoms with Crippen LogP contribution in [0.15, 0.2) is 0 Å². The first-order chi connectivity index (χ1) is 10.3. The molecule has 0 aliphatic carbocycles. The molecule has 0 aromatic heterocycles. The molecule has 6 N–H and O–H groups in total. The van der Waals surface area contributed by atoms with Crippen LogP contribution in [0.2, 0.25) is 6.04 Å². The third-order valence-corrected chi connectivity index (χ3v) is 5.36. The fraction of sp³-hybridized carbons (Fsp3) is 1.00. The van der Waals surface area contributed by atoms with Gasteiger partial charge in [0, 0.05) is 25.7 Å². The van der Waals surface area contributed by atoms with Crippen LogP contribution in [-0.2, 0) is 0 Å². The molecule has 0 saturated heterocycles. The summed E-state index contributed by atoms with van der Waals surface area (Å²) >= 11 is 0. The van der Waals surface area contributed by atoms with Gasteiger partial charge in [-0.1, -0.05) is 0 Å². The molecule has 0 fully saturated rings. The molecular weight excluding hydrogens is 302 g/mol. The van der Waals surface area contributed by atoms with Gasteiger partial charge in [-0.05, 0) is 33.7 Å². The van der Waals surface area contributed by atoms with Crippen molar-refractivity contribution in [2.75, 3.05) is 52.4 Å². The van der Waals surface area contributed by atoms with Gasteiger partial charge in [0.15, 0.2) is 0 Å². The van der Waals surface area contributed by atoms with Crippen molar-refractivity contribution in [3.05, 3.63) is 0 Å². The predicted octanol–water partition coefficient (Wildman–Crippen LogP) is -1.29. The lowest BCUT2D eigenvalue weighted by Gasteiger charge is -2.37. The highest BCUT2D eigenvalue weighted by atomic mass is 28.4. The lowest BCUT2D eigenvalue weighted by Crippen LogP contribution is -2.53. The minimum absolute atomic E-state index is 0.0667. The van der Waals surface area contributed by atoms with E-state index in [-0.39, 0.29) is 12.1 Å². The van der Waals surface area contributed by atoms with Crippen LogP contribution in [0.1, 0.15) is 27.2 Å². The maximum atomic E-state index is 10.1. The third-order valence-electron chi connectivity index (χ3n) is 4.33. The summed E-state index contributed by atoms with van der Waals surface area (Å²) in [7, 11) is -3.87.